The predicted molar refractivity (Wildman–Crippen MR) is 86.5 cm³/mol. The topological polar surface area (TPSA) is 44.4 Å². The summed E-state index contributed by atoms with van der Waals surface area (Å²) in [4.78, 5) is 14.2. The van der Waals surface area contributed by atoms with E-state index in [0.29, 0.717) is 17.6 Å². The average Bonchev–Trinajstić information content (AvgIpc) is 2.91. The standard InChI is InChI=1S/C16H24ClN3O/c1-12(14-7-3-4-8-15(14)17)19-16(21)11-20(2)10-13-6-5-9-18-13/h3-4,7-8,12-13,18H,5-6,9-11H2,1-2H3,(H,19,21). The van der Waals surface area contributed by atoms with E-state index in [1.165, 1.54) is 12.8 Å². The summed E-state index contributed by atoms with van der Waals surface area (Å²) in [6.45, 7) is 4.37. The van der Waals surface area contributed by atoms with Gasteiger partial charge in [-0.05, 0) is 45.0 Å². The summed E-state index contributed by atoms with van der Waals surface area (Å²) in [5.41, 5.74) is 0.952. The van der Waals surface area contributed by atoms with Crippen molar-refractivity contribution in [2.45, 2.75) is 31.8 Å². The van der Waals surface area contributed by atoms with Crippen LogP contribution in [-0.2, 0) is 4.79 Å². The van der Waals surface area contributed by atoms with Crippen molar-refractivity contribution in [3.05, 3.63) is 34.9 Å². The molecule has 1 aromatic carbocycles. The second-order valence-corrected chi connectivity index (χ2v) is 6.21. The maximum atomic E-state index is 12.1. The number of nitrogens with one attached hydrogen (secondary N) is 2. The summed E-state index contributed by atoms with van der Waals surface area (Å²) in [5, 5.41) is 7.14. The van der Waals surface area contributed by atoms with Gasteiger partial charge in [-0.15, -0.1) is 0 Å². The Kier molecular flexibility index (Phi) is 6.03. The van der Waals surface area contributed by atoms with Crippen LogP contribution in [0.1, 0.15) is 31.4 Å². The minimum atomic E-state index is -0.0794. The lowest BCUT2D eigenvalue weighted by atomic mass is 10.1. The lowest BCUT2D eigenvalue weighted by Gasteiger charge is -2.22. The van der Waals surface area contributed by atoms with Crippen LogP contribution in [0, 0.1) is 0 Å². The quantitative estimate of drug-likeness (QED) is 0.847. The van der Waals surface area contributed by atoms with Crippen LogP contribution >= 0.6 is 11.6 Å². The van der Waals surface area contributed by atoms with Gasteiger partial charge in [0, 0.05) is 17.6 Å². The van der Waals surface area contributed by atoms with Crippen LogP contribution in [0.3, 0.4) is 0 Å². The molecule has 1 amide bonds. The summed E-state index contributed by atoms with van der Waals surface area (Å²) in [6, 6.07) is 8.05. The van der Waals surface area contributed by atoms with E-state index < -0.39 is 0 Å². The number of hydrogen-bond acceptors (Lipinski definition) is 3. The molecule has 5 heteroatoms. The van der Waals surface area contributed by atoms with Crippen LogP contribution in [0.2, 0.25) is 5.02 Å². The van der Waals surface area contributed by atoms with Crippen molar-refractivity contribution >= 4 is 17.5 Å². The van der Waals surface area contributed by atoms with E-state index in [9.17, 15) is 4.79 Å². The van der Waals surface area contributed by atoms with Crippen LogP contribution in [0.4, 0.5) is 0 Å². The normalized spacial score (nSPS) is 19.7. The highest BCUT2D eigenvalue weighted by Crippen LogP contribution is 2.21. The molecule has 1 saturated heterocycles. The molecule has 116 valence electrons. The van der Waals surface area contributed by atoms with Crippen molar-refractivity contribution in [3.8, 4) is 0 Å². The highest BCUT2D eigenvalue weighted by molar-refractivity contribution is 6.31. The molecular formula is C16H24ClN3O. The van der Waals surface area contributed by atoms with Crippen molar-refractivity contribution < 1.29 is 4.79 Å². The van der Waals surface area contributed by atoms with Crippen molar-refractivity contribution in [2.24, 2.45) is 0 Å². The zero-order valence-corrected chi connectivity index (χ0v) is 13.5. The van der Waals surface area contributed by atoms with Gasteiger partial charge in [0.05, 0.1) is 12.6 Å². The summed E-state index contributed by atoms with van der Waals surface area (Å²) in [5.74, 6) is 0.0305. The Morgan fingerprint density at radius 2 is 2.29 bits per heavy atom. The Morgan fingerprint density at radius 1 is 1.52 bits per heavy atom. The molecule has 2 unspecified atom stereocenters. The zero-order chi connectivity index (χ0) is 15.2. The minimum Gasteiger partial charge on any atom is -0.348 e. The van der Waals surface area contributed by atoms with Crippen LogP contribution in [0.25, 0.3) is 0 Å². The van der Waals surface area contributed by atoms with Gasteiger partial charge in [0.2, 0.25) is 5.91 Å². The first kappa shape index (κ1) is 16.3. The van der Waals surface area contributed by atoms with Gasteiger partial charge in [0.25, 0.3) is 0 Å². The maximum Gasteiger partial charge on any atom is 0.234 e. The number of hydrogen-bond donors (Lipinski definition) is 2. The molecule has 1 aliphatic rings. The maximum absolute atomic E-state index is 12.1. The fourth-order valence-electron chi connectivity index (χ4n) is 2.79. The smallest absolute Gasteiger partial charge is 0.234 e. The Labute approximate surface area is 131 Å². The van der Waals surface area contributed by atoms with Crippen LogP contribution in [-0.4, -0.2) is 43.5 Å². The first-order chi connectivity index (χ1) is 10.1. The number of carbonyl (C=O) groups is 1. The molecule has 0 aromatic heterocycles. The molecule has 4 nitrogen and oxygen atoms in total. The third-order valence-electron chi connectivity index (χ3n) is 3.86. The molecule has 2 rings (SSSR count). The highest BCUT2D eigenvalue weighted by Gasteiger charge is 2.18. The molecule has 0 aliphatic carbocycles. The molecule has 21 heavy (non-hydrogen) atoms. The zero-order valence-electron chi connectivity index (χ0n) is 12.7. The average molecular weight is 310 g/mol. The fraction of sp³-hybridized carbons (Fsp3) is 0.562. The van der Waals surface area contributed by atoms with Gasteiger partial charge in [0.1, 0.15) is 0 Å². The van der Waals surface area contributed by atoms with Gasteiger partial charge < -0.3 is 10.6 Å². The summed E-state index contributed by atoms with van der Waals surface area (Å²) in [7, 11) is 1.99. The molecule has 2 atom stereocenters. The largest absolute Gasteiger partial charge is 0.348 e. The predicted octanol–water partition coefficient (Wildman–Crippen LogP) is 2.20. The SMILES string of the molecule is CC(NC(=O)CN(C)CC1CCCN1)c1ccccc1Cl. The molecular weight excluding hydrogens is 286 g/mol. The van der Waals surface area contributed by atoms with Crippen molar-refractivity contribution in [1.29, 1.82) is 0 Å². The number of benzene rings is 1. The van der Waals surface area contributed by atoms with E-state index in [2.05, 4.69) is 15.5 Å². The highest BCUT2D eigenvalue weighted by atomic mass is 35.5. The van der Waals surface area contributed by atoms with E-state index in [-0.39, 0.29) is 11.9 Å². The molecule has 1 heterocycles. The number of carbonyl (C=O) groups excluding carboxylic acids is 1. The van der Waals surface area contributed by atoms with Crippen LogP contribution in [0.5, 0.6) is 0 Å². The molecule has 1 aromatic rings. The summed E-state index contributed by atoms with van der Waals surface area (Å²) >= 11 is 6.15. The van der Waals surface area contributed by atoms with E-state index in [1.807, 2.05) is 38.2 Å². The Hall–Kier alpha value is -1.10. The number of rotatable bonds is 6. The monoisotopic (exact) mass is 309 g/mol. The lowest BCUT2D eigenvalue weighted by molar-refractivity contribution is -0.122. The van der Waals surface area contributed by atoms with E-state index in [0.717, 1.165) is 18.7 Å². The molecule has 0 saturated carbocycles. The van der Waals surface area contributed by atoms with E-state index in [1.54, 1.807) is 0 Å². The minimum absolute atomic E-state index is 0.0305. The van der Waals surface area contributed by atoms with Gasteiger partial charge in [0.15, 0.2) is 0 Å². The van der Waals surface area contributed by atoms with Crippen molar-refractivity contribution in [2.75, 3.05) is 26.7 Å². The first-order valence-corrected chi connectivity index (χ1v) is 7.90. The van der Waals surface area contributed by atoms with Crippen molar-refractivity contribution in [1.82, 2.24) is 15.5 Å². The Balaban J connectivity index is 1.79. The number of halogens is 1. The third kappa shape index (κ3) is 4.99. The molecule has 1 fully saturated rings. The van der Waals surface area contributed by atoms with Crippen LogP contribution < -0.4 is 10.6 Å². The van der Waals surface area contributed by atoms with Gasteiger partial charge >= 0.3 is 0 Å². The third-order valence-corrected chi connectivity index (χ3v) is 4.20. The van der Waals surface area contributed by atoms with Gasteiger partial charge in [-0.25, -0.2) is 0 Å². The number of nitrogens with zero attached hydrogens (tertiary/aromatic N) is 1. The Morgan fingerprint density at radius 3 is 2.95 bits per heavy atom. The second-order valence-electron chi connectivity index (χ2n) is 5.80. The molecule has 0 bridgehead atoms. The number of likely N-dealkylation sites (N-methyl/N-ethyl adjacent to an activating group) is 1. The molecule has 1 aliphatic heterocycles. The molecule has 0 spiro atoms. The fourth-order valence-corrected chi connectivity index (χ4v) is 3.09. The summed E-state index contributed by atoms with van der Waals surface area (Å²) < 4.78 is 0. The summed E-state index contributed by atoms with van der Waals surface area (Å²) in [6.07, 6.45) is 2.43. The molecule has 0 radical (unpaired) electrons. The van der Waals surface area contributed by atoms with Crippen LogP contribution in [0.15, 0.2) is 24.3 Å². The number of amides is 1. The second kappa shape index (κ2) is 7.78. The van der Waals surface area contributed by atoms with Crippen molar-refractivity contribution in [3.63, 3.8) is 0 Å². The van der Waals surface area contributed by atoms with Gasteiger partial charge in [-0.3, -0.25) is 9.69 Å². The first-order valence-electron chi connectivity index (χ1n) is 7.52. The van der Waals surface area contributed by atoms with E-state index >= 15 is 0 Å². The van der Waals surface area contributed by atoms with Gasteiger partial charge in [-0.2, -0.15) is 0 Å². The van der Waals surface area contributed by atoms with E-state index in [4.69, 9.17) is 11.6 Å². The Bertz CT molecular complexity index is 474. The molecule has 2 N–H and O–H groups in total. The lowest BCUT2D eigenvalue weighted by Crippen LogP contribution is -2.41. The van der Waals surface area contributed by atoms with Gasteiger partial charge in [-0.1, -0.05) is 29.8 Å².